The molecule has 10 nitrogen and oxygen atoms in total. The number of allylic oxidation sites excluding steroid dienone is 3. The van der Waals surface area contributed by atoms with Crippen molar-refractivity contribution in [3.8, 4) is 0 Å². The molecular formula is C28H40N8O2S. The van der Waals surface area contributed by atoms with Gasteiger partial charge in [0.1, 0.15) is 5.84 Å². The van der Waals surface area contributed by atoms with E-state index in [1.165, 1.54) is 42.8 Å². The molecule has 1 aromatic rings. The van der Waals surface area contributed by atoms with Crippen LogP contribution in [0.1, 0.15) is 20.3 Å². The van der Waals surface area contributed by atoms with Crippen LogP contribution in [-0.2, 0) is 10.0 Å². The van der Waals surface area contributed by atoms with Crippen LogP contribution in [0.15, 0.2) is 77.2 Å². The highest BCUT2D eigenvalue weighted by Crippen LogP contribution is 2.41. The van der Waals surface area contributed by atoms with Gasteiger partial charge in [-0.15, -0.1) is 0 Å². The first-order valence-electron chi connectivity index (χ1n) is 13.1. The number of benzene rings is 1. The van der Waals surface area contributed by atoms with Crippen molar-refractivity contribution in [3.63, 3.8) is 0 Å². The van der Waals surface area contributed by atoms with Gasteiger partial charge < -0.3 is 25.8 Å². The lowest BCUT2D eigenvalue weighted by atomic mass is 9.79. The molecule has 0 radical (unpaired) electrons. The fourth-order valence-electron chi connectivity index (χ4n) is 5.19. The van der Waals surface area contributed by atoms with Crippen LogP contribution >= 0.6 is 0 Å². The number of rotatable bonds is 8. The van der Waals surface area contributed by atoms with Gasteiger partial charge in [-0.2, -0.15) is 4.99 Å². The van der Waals surface area contributed by atoms with Gasteiger partial charge in [-0.05, 0) is 70.3 Å². The van der Waals surface area contributed by atoms with E-state index in [2.05, 4.69) is 49.9 Å². The highest BCUT2D eigenvalue weighted by atomic mass is 32.2. The normalized spacial score (nSPS) is 22.0. The van der Waals surface area contributed by atoms with Crippen molar-refractivity contribution in [1.82, 2.24) is 19.8 Å². The molecule has 11 heteroatoms. The fraction of sp³-hybridized carbons (Fsp3) is 0.429. The van der Waals surface area contributed by atoms with Crippen LogP contribution in [0.3, 0.4) is 0 Å². The molecule has 1 atom stereocenters. The Labute approximate surface area is 232 Å². The molecule has 1 spiro atoms. The molecule has 0 saturated carbocycles. The van der Waals surface area contributed by atoms with Crippen LogP contribution in [-0.4, -0.2) is 82.0 Å². The fourth-order valence-corrected chi connectivity index (χ4v) is 5.79. The van der Waals surface area contributed by atoms with Crippen LogP contribution in [0.5, 0.6) is 0 Å². The molecule has 1 aromatic carbocycles. The first kappa shape index (κ1) is 28.4. The summed E-state index contributed by atoms with van der Waals surface area (Å²) in [5.41, 5.74) is 3.81. The maximum Gasteiger partial charge on any atom is 0.231 e. The maximum atomic E-state index is 12.1. The second-order valence-electron chi connectivity index (χ2n) is 10.6. The average molecular weight is 553 g/mol. The quantitative estimate of drug-likeness (QED) is 0.223. The standard InChI is InChI=1S/C28H40N8O2S/c1-6-7-8-25(35(4)39(5,37)38)21(2)31-17-22-13-15-30-26(22)33-27(29)32-23-9-11-24(12-10-23)36-19-28(20-36)14-16-34(3)18-28/h6-13,15,17,21,31H,14,16,18-20H2,1-5H3,(H3,29,30,32,33)/b7-6-,22-17+,25-8+. The number of amidine groups is 1. The molecule has 0 amide bonds. The first-order valence-corrected chi connectivity index (χ1v) is 15.0. The number of nitrogens with zero attached hydrogens (tertiary/aromatic N) is 4. The van der Waals surface area contributed by atoms with Crippen LogP contribution in [0.2, 0.25) is 0 Å². The third kappa shape index (κ3) is 6.90. The van der Waals surface area contributed by atoms with Crippen molar-refractivity contribution in [2.75, 3.05) is 56.7 Å². The van der Waals surface area contributed by atoms with Crippen LogP contribution in [0.4, 0.5) is 11.4 Å². The van der Waals surface area contributed by atoms with E-state index in [-0.39, 0.29) is 12.0 Å². The molecule has 0 bridgehead atoms. The molecule has 39 heavy (non-hydrogen) atoms. The highest BCUT2D eigenvalue weighted by Gasteiger charge is 2.46. The summed E-state index contributed by atoms with van der Waals surface area (Å²) in [6.07, 6.45) is 13.2. The smallest absolute Gasteiger partial charge is 0.231 e. The summed E-state index contributed by atoms with van der Waals surface area (Å²) in [7, 11) is 0.329. The molecule has 2 fully saturated rings. The number of aliphatic imine (C=N–C) groups is 1. The lowest BCUT2D eigenvalue weighted by Crippen LogP contribution is -2.57. The summed E-state index contributed by atoms with van der Waals surface area (Å²) < 4.78 is 25.5. The summed E-state index contributed by atoms with van der Waals surface area (Å²) in [5.74, 6) is 0.530. The van der Waals surface area contributed by atoms with Crippen LogP contribution in [0, 0.1) is 10.8 Å². The van der Waals surface area contributed by atoms with Crippen molar-refractivity contribution in [2.45, 2.75) is 26.3 Å². The van der Waals surface area contributed by atoms with E-state index in [1.54, 1.807) is 24.6 Å². The number of hydrogen-bond donors (Lipinski definition) is 4. The predicted octanol–water partition coefficient (Wildman–Crippen LogP) is 2.90. The second kappa shape index (κ2) is 11.7. The van der Waals surface area contributed by atoms with Crippen LogP contribution in [0.25, 0.3) is 0 Å². The SMILES string of the molecule is C/C=C\C=C(/C(C)N/C=C1\C=CN\C1=N\C(=N)Nc1ccc(N2CC3(CCN(C)C3)C2)cc1)N(C)S(C)(=O)=O. The van der Waals surface area contributed by atoms with Crippen LogP contribution < -0.4 is 20.9 Å². The number of likely N-dealkylation sites (N-methyl/N-ethyl adjacent to an activating group) is 1. The van der Waals surface area contributed by atoms with E-state index >= 15 is 0 Å². The van der Waals surface area contributed by atoms with Gasteiger partial charge in [0.25, 0.3) is 0 Å². The number of nitrogens with one attached hydrogen (secondary N) is 4. The summed E-state index contributed by atoms with van der Waals surface area (Å²) in [6.45, 7) is 8.33. The topological polar surface area (TPSA) is 116 Å². The Balaban J connectivity index is 1.35. The highest BCUT2D eigenvalue weighted by molar-refractivity contribution is 7.88. The minimum atomic E-state index is -3.40. The van der Waals surface area contributed by atoms with Gasteiger partial charge in [0.2, 0.25) is 16.0 Å². The Bertz CT molecular complexity index is 1320. The minimum absolute atomic E-state index is 0.00951. The third-order valence-electron chi connectivity index (χ3n) is 7.41. The molecule has 4 rings (SSSR count). The predicted molar refractivity (Wildman–Crippen MR) is 160 cm³/mol. The molecule has 2 saturated heterocycles. The molecular weight excluding hydrogens is 512 g/mol. The zero-order chi connectivity index (χ0) is 28.2. The summed E-state index contributed by atoms with van der Waals surface area (Å²) in [5, 5.41) is 17.7. The molecule has 1 unspecified atom stereocenters. The Kier molecular flexibility index (Phi) is 8.51. The monoisotopic (exact) mass is 552 g/mol. The summed E-state index contributed by atoms with van der Waals surface area (Å²) in [6, 6.07) is 7.84. The van der Waals surface area contributed by atoms with Crippen molar-refractivity contribution < 1.29 is 8.42 Å². The van der Waals surface area contributed by atoms with E-state index < -0.39 is 10.0 Å². The largest absolute Gasteiger partial charge is 0.382 e. The number of guanidine groups is 1. The molecule has 210 valence electrons. The van der Waals surface area contributed by atoms with Gasteiger partial charge in [0.05, 0.1) is 18.0 Å². The van der Waals surface area contributed by atoms with Crippen molar-refractivity contribution in [2.24, 2.45) is 10.4 Å². The van der Waals surface area contributed by atoms with Gasteiger partial charge in [0, 0.05) is 61.4 Å². The zero-order valence-corrected chi connectivity index (χ0v) is 24.2. The molecule has 3 heterocycles. The van der Waals surface area contributed by atoms with Gasteiger partial charge in [0.15, 0.2) is 0 Å². The number of hydrogen-bond acceptors (Lipinski definition) is 6. The van der Waals surface area contributed by atoms with E-state index in [0.29, 0.717) is 16.9 Å². The van der Waals surface area contributed by atoms with E-state index in [0.717, 1.165) is 24.4 Å². The number of likely N-dealkylation sites (tertiary alicyclic amines) is 1. The van der Waals surface area contributed by atoms with E-state index in [9.17, 15) is 8.42 Å². The Morgan fingerprint density at radius 1 is 1.26 bits per heavy atom. The zero-order valence-electron chi connectivity index (χ0n) is 23.4. The van der Waals surface area contributed by atoms with Crippen molar-refractivity contribution in [1.29, 1.82) is 5.41 Å². The third-order valence-corrected chi connectivity index (χ3v) is 8.62. The lowest BCUT2D eigenvalue weighted by Gasteiger charge is -2.49. The average Bonchev–Trinajstić information content (AvgIpc) is 3.48. The first-order chi connectivity index (χ1) is 18.5. The van der Waals surface area contributed by atoms with Gasteiger partial charge in [-0.1, -0.05) is 12.2 Å². The molecule has 0 aliphatic carbocycles. The van der Waals surface area contributed by atoms with Crippen molar-refractivity contribution in [3.05, 3.63) is 72.2 Å². The van der Waals surface area contributed by atoms with Gasteiger partial charge in [-0.25, -0.2) is 8.42 Å². The van der Waals surface area contributed by atoms with Gasteiger partial charge in [-0.3, -0.25) is 9.71 Å². The van der Waals surface area contributed by atoms with E-state index in [4.69, 9.17) is 5.41 Å². The Morgan fingerprint density at radius 3 is 2.59 bits per heavy atom. The van der Waals surface area contributed by atoms with Crippen molar-refractivity contribution >= 4 is 33.2 Å². The Morgan fingerprint density at radius 2 is 1.97 bits per heavy atom. The summed E-state index contributed by atoms with van der Waals surface area (Å²) in [4.78, 5) is 9.23. The second-order valence-corrected chi connectivity index (χ2v) is 12.7. The van der Waals surface area contributed by atoms with Gasteiger partial charge >= 0.3 is 0 Å². The Hall–Kier alpha value is -3.57. The summed E-state index contributed by atoms with van der Waals surface area (Å²) >= 11 is 0. The lowest BCUT2D eigenvalue weighted by molar-refractivity contribution is 0.218. The molecule has 0 aromatic heterocycles. The molecule has 3 aliphatic heterocycles. The molecule has 4 N–H and O–H groups in total. The minimum Gasteiger partial charge on any atom is -0.382 e. The maximum absolute atomic E-state index is 12.1. The molecule has 3 aliphatic rings. The number of sulfonamides is 1. The van der Waals surface area contributed by atoms with E-state index in [1.807, 2.05) is 38.1 Å². The number of anilines is 2.